The lowest BCUT2D eigenvalue weighted by molar-refractivity contribution is 1.06. The van der Waals surface area contributed by atoms with Crippen LogP contribution in [0.3, 0.4) is 0 Å². The van der Waals surface area contributed by atoms with Gasteiger partial charge in [-0.25, -0.2) is 0 Å². The molecule has 0 heterocycles. The van der Waals surface area contributed by atoms with Crippen molar-refractivity contribution in [2.45, 2.75) is 16.0 Å². The van der Waals surface area contributed by atoms with E-state index < -0.39 is 0 Å². The van der Waals surface area contributed by atoms with Crippen LogP contribution in [0.5, 0.6) is 0 Å². The van der Waals surface area contributed by atoms with Gasteiger partial charge in [-0.2, -0.15) is 37.9 Å². The molecule has 44 valence electrons. The van der Waals surface area contributed by atoms with Crippen molar-refractivity contribution in [2.24, 2.45) is 0 Å². The fraction of sp³-hybridized carbons (Fsp3) is 1.00. The van der Waals surface area contributed by atoms with Gasteiger partial charge < -0.3 is 0 Å². The van der Waals surface area contributed by atoms with E-state index in [9.17, 15) is 0 Å². The van der Waals surface area contributed by atoms with E-state index in [1.165, 1.54) is 0 Å². The van der Waals surface area contributed by atoms with E-state index in [1.54, 1.807) is 0 Å². The van der Waals surface area contributed by atoms with E-state index in [-0.39, 0.29) is 9.07 Å². The van der Waals surface area contributed by atoms with E-state index in [0.29, 0.717) is 0 Å². The van der Waals surface area contributed by atoms with Gasteiger partial charge in [-0.1, -0.05) is 6.92 Å². The zero-order valence-electron chi connectivity index (χ0n) is 4.00. The summed E-state index contributed by atoms with van der Waals surface area (Å²) in [5, 5.41) is 0.184. The maximum absolute atomic E-state index is 4.10. The minimum atomic E-state index is -0.330. The predicted octanol–water partition coefficient (Wildman–Crippen LogP) is 1.69. The molecule has 7 heavy (non-hydrogen) atoms. The molecule has 0 aliphatic heterocycles. The van der Waals surface area contributed by atoms with Gasteiger partial charge in [-0.3, -0.25) is 0 Å². The van der Waals surface area contributed by atoms with Crippen LogP contribution in [-0.2, 0) is 0 Å². The fourth-order valence-electron chi connectivity index (χ4n) is 0. The highest BCUT2D eigenvalue weighted by Gasteiger charge is 2.17. The summed E-state index contributed by atoms with van der Waals surface area (Å²) < 4.78 is -0.330. The van der Waals surface area contributed by atoms with Gasteiger partial charge in [0.05, 0.1) is 3.82 Å². The summed E-state index contributed by atoms with van der Waals surface area (Å²) in [6, 6.07) is 0. The third-order valence-electron chi connectivity index (χ3n) is 0.615. The Hall–Kier alpha value is 1.48. The number of thiol groups is 3. The second-order valence-corrected chi connectivity index (χ2v) is 5.95. The molecule has 0 spiro atoms. The Morgan fingerprint density at radius 1 is 1.57 bits per heavy atom. The zero-order chi connectivity index (χ0) is 6.08. The van der Waals surface area contributed by atoms with Crippen molar-refractivity contribution >= 4 is 47.1 Å². The molecule has 0 aromatic carbocycles. The summed E-state index contributed by atoms with van der Waals surface area (Å²) in [5.41, 5.74) is 0. The lowest BCUT2D eigenvalue weighted by atomic mass is 10.5. The maximum Gasteiger partial charge on any atom is 0.0800 e. The highest BCUT2D eigenvalue weighted by atomic mass is 32.2. The number of hydrogen-bond donors (Lipinski definition) is 3. The molecule has 0 aromatic heterocycles. The molecule has 0 nitrogen and oxygen atoms in total. The van der Waals surface area contributed by atoms with Crippen molar-refractivity contribution in [3.05, 3.63) is 0 Å². The molecule has 0 saturated carbocycles. The molecular formula is C3H9PS3. The van der Waals surface area contributed by atoms with Gasteiger partial charge in [0, 0.05) is 5.25 Å². The summed E-state index contributed by atoms with van der Waals surface area (Å²) in [5.74, 6) is 0. The highest BCUT2D eigenvalue weighted by Crippen LogP contribution is 2.34. The van der Waals surface area contributed by atoms with Crippen LogP contribution in [-0.4, -0.2) is 9.07 Å². The van der Waals surface area contributed by atoms with Crippen molar-refractivity contribution in [1.29, 1.82) is 0 Å². The Balaban J connectivity index is 3.54. The van der Waals surface area contributed by atoms with Crippen molar-refractivity contribution in [3.63, 3.8) is 0 Å². The number of hydrogen-bond acceptors (Lipinski definition) is 3. The fourth-order valence-corrected chi connectivity index (χ4v) is 0. The summed E-state index contributed by atoms with van der Waals surface area (Å²) in [4.78, 5) is 0. The quantitative estimate of drug-likeness (QED) is 0.299. The van der Waals surface area contributed by atoms with Crippen LogP contribution in [0.15, 0.2) is 0 Å². The normalized spacial score (nSPS) is 16.7. The second kappa shape index (κ2) is 2.86. The molecule has 0 aliphatic rings. The maximum atomic E-state index is 4.10. The Morgan fingerprint density at radius 3 is 1.71 bits per heavy atom. The van der Waals surface area contributed by atoms with Crippen LogP contribution in [0, 0.1) is 0 Å². The zero-order valence-corrected chi connectivity index (χ0v) is 7.83. The van der Waals surface area contributed by atoms with E-state index >= 15 is 0 Å². The van der Waals surface area contributed by atoms with Crippen LogP contribution in [0.4, 0.5) is 0 Å². The van der Waals surface area contributed by atoms with Crippen LogP contribution < -0.4 is 0 Å². The highest BCUT2D eigenvalue weighted by molar-refractivity contribution is 8.08. The van der Waals surface area contributed by atoms with Gasteiger partial charge in [0.15, 0.2) is 0 Å². The summed E-state index contributed by atoms with van der Waals surface area (Å²) in [7, 11) is 2.48. The molecule has 2 atom stereocenters. The van der Waals surface area contributed by atoms with E-state index in [1.807, 2.05) is 6.92 Å². The largest absolute Gasteiger partial charge is 0.174 e. The van der Waals surface area contributed by atoms with E-state index in [0.717, 1.165) is 0 Å². The standard InChI is InChI=1S/C3H9PS3/c1-2(5)3(4,6)7/h2,5-7H,4H2,1H3. The lowest BCUT2D eigenvalue weighted by Gasteiger charge is -2.19. The van der Waals surface area contributed by atoms with Gasteiger partial charge in [-0.15, -0.1) is 9.24 Å². The molecule has 2 unspecified atom stereocenters. The first kappa shape index (κ1) is 8.48. The molecule has 0 rings (SSSR count). The molecule has 0 aromatic rings. The second-order valence-electron chi connectivity index (χ2n) is 1.46. The SMILES string of the molecule is CC(S)C(P)(S)S. The van der Waals surface area contributed by atoms with Gasteiger partial charge in [0.2, 0.25) is 0 Å². The molecule has 4 heteroatoms. The molecule has 0 saturated heterocycles. The van der Waals surface area contributed by atoms with Crippen LogP contribution in [0.2, 0.25) is 0 Å². The Kier molecular flexibility index (Phi) is 3.46. The summed E-state index contributed by atoms with van der Waals surface area (Å²) in [6.07, 6.45) is 0. The average molecular weight is 172 g/mol. The summed E-state index contributed by atoms with van der Waals surface area (Å²) in [6.45, 7) is 1.94. The first-order valence-corrected chi connectivity index (χ1v) is 3.85. The Morgan fingerprint density at radius 2 is 1.71 bits per heavy atom. The Bertz CT molecular complexity index is 55.7. The van der Waals surface area contributed by atoms with Gasteiger partial charge >= 0.3 is 0 Å². The van der Waals surface area contributed by atoms with Crippen LogP contribution in [0.1, 0.15) is 6.92 Å². The predicted molar refractivity (Wildman–Crippen MR) is 48.9 cm³/mol. The van der Waals surface area contributed by atoms with E-state index in [4.69, 9.17) is 0 Å². The molecule has 0 fully saturated rings. The van der Waals surface area contributed by atoms with Crippen molar-refractivity contribution in [3.8, 4) is 0 Å². The minimum Gasteiger partial charge on any atom is -0.174 e. The topological polar surface area (TPSA) is 0 Å². The van der Waals surface area contributed by atoms with Gasteiger partial charge in [-0.05, 0) is 0 Å². The van der Waals surface area contributed by atoms with Crippen LogP contribution >= 0.6 is 47.1 Å². The lowest BCUT2D eigenvalue weighted by Crippen LogP contribution is -2.14. The molecule has 0 radical (unpaired) electrons. The third kappa shape index (κ3) is 4.01. The van der Waals surface area contributed by atoms with Gasteiger partial charge in [0.25, 0.3) is 0 Å². The number of rotatable bonds is 1. The third-order valence-corrected chi connectivity index (χ3v) is 2.98. The smallest absolute Gasteiger partial charge is 0.0800 e. The Labute approximate surface area is 63.3 Å². The monoisotopic (exact) mass is 172 g/mol. The van der Waals surface area contributed by atoms with Crippen molar-refractivity contribution in [2.75, 3.05) is 0 Å². The van der Waals surface area contributed by atoms with Crippen molar-refractivity contribution in [1.82, 2.24) is 0 Å². The molecular weight excluding hydrogens is 163 g/mol. The van der Waals surface area contributed by atoms with Crippen LogP contribution in [0.25, 0.3) is 0 Å². The minimum absolute atomic E-state index is 0.184. The molecule has 0 bridgehead atoms. The first-order chi connectivity index (χ1) is 2.94. The molecule has 0 aliphatic carbocycles. The first-order valence-electron chi connectivity index (χ1n) is 1.86. The summed E-state index contributed by atoms with van der Waals surface area (Å²) >= 11 is 12.3. The molecule has 0 amide bonds. The van der Waals surface area contributed by atoms with Gasteiger partial charge in [0.1, 0.15) is 0 Å². The average Bonchev–Trinajstić information content (AvgIpc) is 1.31. The van der Waals surface area contributed by atoms with E-state index in [2.05, 4.69) is 47.1 Å². The van der Waals surface area contributed by atoms with Crippen molar-refractivity contribution < 1.29 is 0 Å². The molecule has 0 N–H and O–H groups in total.